The van der Waals surface area contributed by atoms with Crippen LogP contribution in [-0.2, 0) is 11.3 Å². The first-order valence-electron chi connectivity index (χ1n) is 7.24. The topological polar surface area (TPSA) is 108 Å². The van der Waals surface area contributed by atoms with Gasteiger partial charge in [-0.15, -0.1) is 0 Å². The Kier molecular flexibility index (Phi) is 6.72. The molecule has 1 amide bonds. The first kappa shape index (κ1) is 19.4. The molecule has 0 fully saturated rings. The summed E-state index contributed by atoms with van der Waals surface area (Å²) in [5.41, 5.74) is 0.623. The number of rotatable bonds is 6. The molecule has 0 atom stereocenters. The number of nitrogens with zero attached hydrogens (tertiary/aromatic N) is 2. The van der Waals surface area contributed by atoms with Crippen molar-refractivity contribution in [1.29, 1.82) is 5.26 Å². The summed E-state index contributed by atoms with van der Waals surface area (Å²) in [6, 6.07) is 13.2. The molecule has 2 N–H and O–H groups in total. The number of benzene rings is 2. The van der Waals surface area contributed by atoms with Gasteiger partial charge in [0, 0.05) is 29.0 Å². The van der Waals surface area contributed by atoms with Crippen molar-refractivity contribution in [3.05, 3.63) is 79.4 Å². The normalized spacial score (nSPS) is 10.7. The lowest BCUT2D eigenvalue weighted by Crippen LogP contribution is -2.16. The molecule has 0 unspecified atom stereocenters. The number of halogens is 2. The highest BCUT2D eigenvalue weighted by atomic mass is 79.9. The molecule has 0 aliphatic carbocycles. The molecule has 0 spiro atoms. The summed E-state index contributed by atoms with van der Waals surface area (Å²) in [5.74, 6) is -0.689. The Hall–Kier alpha value is -2.89. The van der Waals surface area contributed by atoms with Crippen LogP contribution in [-0.4, -0.2) is 10.8 Å². The van der Waals surface area contributed by atoms with E-state index in [1.807, 2.05) is 24.3 Å². The maximum Gasteiger partial charge on any atom is 0.289 e. The molecule has 0 bridgehead atoms. The van der Waals surface area contributed by atoms with E-state index in [-0.39, 0.29) is 22.0 Å². The van der Waals surface area contributed by atoms with E-state index in [2.05, 4.69) is 26.6 Å². The molecule has 2 rings (SSSR count). The van der Waals surface area contributed by atoms with E-state index >= 15 is 0 Å². The van der Waals surface area contributed by atoms with Crippen molar-refractivity contribution in [2.75, 3.05) is 5.32 Å². The zero-order valence-electron chi connectivity index (χ0n) is 13.2. The zero-order valence-corrected chi connectivity index (χ0v) is 15.5. The monoisotopic (exact) mass is 434 g/mol. The van der Waals surface area contributed by atoms with Crippen LogP contribution in [0.5, 0.6) is 0 Å². The van der Waals surface area contributed by atoms with Crippen LogP contribution in [0.25, 0.3) is 0 Å². The molecule has 0 saturated carbocycles. The van der Waals surface area contributed by atoms with E-state index < -0.39 is 10.8 Å². The largest absolute Gasteiger partial charge is 0.386 e. The first-order valence-corrected chi connectivity index (χ1v) is 8.41. The number of hydrogen-bond acceptors (Lipinski definition) is 5. The Labute approximate surface area is 162 Å². The van der Waals surface area contributed by atoms with E-state index in [0.29, 0.717) is 6.54 Å². The molecule has 0 saturated heterocycles. The molecule has 7 nitrogen and oxygen atoms in total. The van der Waals surface area contributed by atoms with Crippen molar-refractivity contribution >= 4 is 44.8 Å². The van der Waals surface area contributed by atoms with Gasteiger partial charge in [0.25, 0.3) is 11.6 Å². The number of anilines is 1. The average molecular weight is 436 g/mol. The number of nitro benzene ring substituents is 1. The minimum Gasteiger partial charge on any atom is -0.386 e. The van der Waals surface area contributed by atoms with E-state index in [4.69, 9.17) is 16.9 Å². The summed E-state index contributed by atoms with van der Waals surface area (Å²) in [6.45, 7) is 0.421. The third-order valence-electron chi connectivity index (χ3n) is 3.21. The van der Waals surface area contributed by atoms with Gasteiger partial charge in [-0.25, -0.2) is 0 Å². The molecule has 9 heteroatoms. The smallest absolute Gasteiger partial charge is 0.289 e. The maximum atomic E-state index is 12.2. The fraction of sp³-hybridized carbons (Fsp3) is 0.0588. The highest BCUT2D eigenvalue weighted by Crippen LogP contribution is 2.27. The Balaban J connectivity index is 2.05. The van der Waals surface area contributed by atoms with Gasteiger partial charge in [0.05, 0.1) is 4.92 Å². The van der Waals surface area contributed by atoms with Gasteiger partial charge in [0.1, 0.15) is 16.7 Å². The molecule has 0 aromatic heterocycles. The maximum absolute atomic E-state index is 12.2. The molecular weight excluding hydrogens is 424 g/mol. The second-order valence-corrected chi connectivity index (χ2v) is 6.38. The van der Waals surface area contributed by atoms with Gasteiger partial charge in [-0.05, 0) is 29.8 Å². The predicted molar refractivity (Wildman–Crippen MR) is 101 cm³/mol. The van der Waals surface area contributed by atoms with E-state index in [1.54, 1.807) is 6.07 Å². The van der Waals surface area contributed by atoms with Crippen molar-refractivity contribution in [2.24, 2.45) is 0 Å². The Bertz CT molecular complexity index is 924. The van der Waals surface area contributed by atoms with Gasteiger partial charge in [0.2, 0.25) is 0 Å². The van der Waals surface area contributed by atoms with Crippen LogP contribution in [0.15, 0.2) is 58.7 Å². The van der Waals surface area contributed by atoms with Gasteiger partial charge in [-0.2, -0.15) is 5.26 Å². The van der Waals surface area contributed by atoms with Crippen LogP contribution in [0.3, 0.4) is 0 Å². The van der Waals surface area contributed by atoms with Crippen LogP contribution in [0.1, 0.15) is 5.56 Å². The summed E-state index contributed by atoms with van der Waals surface area (Å²) < 4.78 is 0.920. The van der Waals surface area contributed by atoms with Crippen LogP contribution in [0.4, 0.5) is 11.4 Å². The number of amides is 1. The first-order chi connectivity index (χ1) is 12.4. The molecule has 0 radical (unpaired) electrons. The quantitative estimate of drug-likeness (QED) is 0.307. The predicted octanol–water partition coefficient (Wildman–Crippen LogP) is 4.15. The Morgan fingerprint density at radius 2 is 2.12 bits per heavy atom. The highest BCUT2D eigenvalue weighted by Gasteiger charge is 2.15. The lowest BCUT2D eigenvalue weighted by atomic mass is 10.2. The van der Waals surface area contributed by atoms with Gasteiger partial charge in [-0.3, -0.25) is 14.9 Å². The van der Waals surface area contributed by atoms with Gasteiger partial charge in [0.15, 0.2) is 0 Å². The summed E-state index contributed by atoms with van der Waals surface area (Å²) in [4.78, 5) is 22.4. The molecule has 0 aliphatic rings. The highest BCUT2D eigenvalue weighted by molar-refractivity contribution is 9.10. The van der Waals surface area contributed by atoms with Crippen LogP contribution in [0, 0.1) is 21.4 Å². The number of nitriles is 1. The van der Waals surface area contributed by atoms with E-state index in [0.717, 1.165) is 16.1 Å². The third-order valence-corrected chi connectivity index (χ3v) is 4.02. The number of carbonyl (C=O) groups excluding carboxylic acids is 1. The molecule has 0 heterocycles. The van der Waals surface area contributed by atoms with E-state index in [9.17, 15) is 14.9 Å². The van der Waals surface area contributed by atoms with Crippen molar-refractivity contribution < 1.29 is 9.72 Å². The summed E-state index contributed by atoms with van der Waals surface area (Å²) >= 11 is 9.08. The van der Waals surface area contributed by atoms with Crippen LogP contribution in [0.2, 0.25) is 5.02 Å². The lowest BCUT2D eigenvalue weighted by Gasteiger charge is -2.06. The lowest BCUT2D eigenvalue weighted by molar-refractivity contribution is -0.384. The Morgan fingerprint density at radius 3 is 2.77 bits per heavy atom. The van der Waals surface area contributed by atoms with Gasteiger partial charge < -0.3 is 10.6 Å². The second-order valence-electron chi connectivity index (χ2n) is 5.06. The van der Waals surface area contributed by atoms with Gasteiger partial charge in [-0.1, -0.05) is 39.7 Å². The molecule has 2 aromatic carbocycles. The Morgan fingerprint density at radius 1 is 1.35 bits per heavy atom. The van der Waals surface area contributed by atoms with E-state index in [1.165, 1.54) is 18.3 Å². The number of hydrogen-bond donors (Lipinski definition) is 2. The SMILES string of the molecule is N#C/C(=C/NCc1cccc(Br)c1)C(=O)Nc1ccc(Cl)c([N+](=O)[O-])c1. The summed E-state index contributed by atoms with van der Waals surface area (Å²) in [6.07, 6.45) is 1.29. The zero-order chi connectivity index (χ0) is 19.1. The van der Waals surface area contributed by atoms with Crippen molar-refractivity contribution in [3.63, 3.8) is 0 Å². The van der Waals surface area contributed by atoms with Gasteiger partial charge >= 0.3 is 0 Å². The average Bonchev–Trinajstić information content (AvgIpc) is 2.60. The minimum absolute atomic E-state index is 0.0419. The van der Waals surface area contributed by atoms with Crippen molar-refractivity contribution in [3.8, 4) is 6.07 Å². The fourth-order valence-electron chi connectivity index (χ4n) is 2.00. The molecule has 26 heavy (non-hydrogen) atoms. The standard InChI is InChI=1S/C17H12BrClN4O3/c18-13-3-1-2-11(6-13)9-21-10-12(8-20)17(24)22-14-4-5-15(19)16(7-14)23(25)26/h1-7,10,21H,9H2,(H,22,24)/b12-10-. The minimum atomic E-state index is -0.689. The molecule has 0 aliphatic heterocycles. The molecular formula is C17H12BrClN4O3. The van der Waals surface area contributed by atoms with Crippen molar-refractivity contribution in [2.45, 2.75) is 6.54 Å². The van der Waals surface area contributed by atoms with Crippen LogP contribution >= 0.6 is 27.5 Å². The molecule has 2 aromatic rings. The second kappa shape index (κ2) is 8.99. The summed E-state index contributed by atoms with van der Waals surface area (Å²) in [5, 5.41) is 25.3. The number of nitro groups is 1. The summed E-state index contributed by atoms with van der Waals surface area (Å²) in [7, 11) is 0. The number of carbonyl (C=O) groups is 1. The van der Waals surface area contributed by atoms with Crippen LogP contribution < -0.4 is 10.6 Å². The fourth-order valence-corrected chi connectivity index (χ4v) is 2.63. The molecule has 132 valence electrons. The van der Waals surface area contributed by atoms with Crippen molar-refractivity contribution in [1.82, 2.24) is 5.32 Å². The third kappa shape index (κ3) is 5.31. The number of nitrogens with one attached hydrogen (secondary N) is 2.